The van der Waals surface area contributed by atoms with Crippen molar-refractivity contribution in [2.75, 3.05) is 19.0 Å². The van der Waals surface area contributed by atoms with Crippen LogP contribution in [0.1, 0.15) is 153 Å². The molecule has 1 saturated carbocycles. The zero-order valence-corrected chi connectivity index (χ0v) is 46.3. The molecule has 404 valence electrons. The van der Waals surface area contributed by atoms with E-state index < -0.39 is 22.8 Å². The molecule has 11 rings (SSSR count). The lowest BCUT2D eigenvalue weighted by atomic mass is 9.76. The van der Waals surface area contributed by atoms with Crippen LogP contribution < -0.4 is 19.5 Å². The molecular formula is C71H70F3NO4. The monoisotopic (exact) mass is 1060 g/mol. The number of unbranched alkanes of at least 4 members (excludes halogenated alkanes) is 3. The summed E-state index contributed by atoms with van der Waals surface area (Å²) >= 11 is 0. The van der Waals surface area contributed by atoms with Crippen molar-refractivity contribution < 1.29 is 32.2 Å². The lowest BCUT2D eigenvalue weighted by Gasteiger charge is -2.38. The van der Waals surface area contributed by atoms with Gasteiger partial charge in [-0.3, -0.25) is 4.79 Å². The molecule has 0 bridgehead atoms. The van der Waals surface area contributed by atoms with Crippen molar-refractivity contribution >= 4 is 28.4 Å². The summed E-state index contributed by atoms with van der Waals surface area (Å²) < 4.78 is 62.6. The quantitative estimate of drug-likeness (QED) is 0.0980. The van der Waals surface area contributed by atoms with Crippen molar-refractivity contribution in [3.8, 4) is 50.6 Å². The first-order valence-electron chi connectivity index (χ1n) is 28.4. The third kappa shape index (κ3) is 10.4. The molecule has 2 aliphatic carbocycles. The number of amides is 1. The molecule has 8 aromatic rings. The lowest BCUT2D eigenvalue weighted by Crippen LogP contribution is -2.35. The number of anilines is 1. The van der Waals surface area contributed by atoms with Gasteiger partial charge in [-0.05, 0) is 191 Å². The fraction of sp³-hybridized carbons (Fsp3) is 0.310. The van der Waals surface area contributed by atoms with Crippen LogP contribution in [0.3, 0.4) is 0 Å². The van der Waals surface area contributed by atoms with Gasteiger partial charge in [0.2, 0.25) is 0 Å². The van der Waals surface area contributed by atoms with Crippen LogP contribution in [0, 0.1) is 12.8 Å². The molecule has 0 spiro atoms. The van der Waals surface area contributed by atoms with Gasteiger partial charge in [0.15, 0.2) is 5.60 Å². The third-order valence-corrected chi connectivity index (χ3v) is 17.2. The van der Waals surface area contributed by atoms with Crippen LogP contribution in [0.2, 0.25) is 0 Å². The van der Waals surface area contributed by atoms with E-state index in [2.05, 4.69) is 73.8 Å². The van der Waals surface area contributed by atoms with E-state index >= 15 is 0 Å². The van der Waals surface area contributed by atoms with Gasteiger partial charge in [0.1, 0.15) is 17.2 Å². The Labute approximate surface area is 463 Å². The number of carbonyl (C=O) groups excluding carboxylic acids is 1. The van der Waals surface area contributed by atoms with Crippen LogP contribution in [0.4, 0.5) is 18.9 Å². The Kier molecular flexibility index (Phi) is 14.8. The topological polar surface area (TPSA) is 56.8 Å². The molecule has 1 amide bonds. The number of fused-ring (bicyclic) bond motifs is 8. The minimum atomic E-state index is -4.51. The first-order chi connectivity index (χ1) is 38.2. The highest BCUT2D eigenvalue weighted by molar-refractivity contribution is 6.10. The van der Waals surface area contributed by atoms with Gasteiger partial charge in [-0.25, -0.2) is 0 Å². The first-order valence-corrected chi connectivity index (χ1v) is 28.4. The standard InChI is InChI=1S/C71H70F3NO4/c1-7-9-11-12-46-13-15-47(16-14-46)48-17-19-49(20-18-48)50-21-23-51(24-22-50)68(76)75-56-31-38-59(45(3)42-56)52-25-36-60-63(43-52)65-61-37-30-55(71(72,73)74)44-64(61)69(4,5)66(65)62-39-40-70(79-67(60)62,53-26-32-57(77-6)33-27-53)54-28-34-58(35-29-54)78-41-10-8-2/h17-40,42-44,46-47H,7-16,41H2,1-6H3,(H,75,76)/t46-,47-,70?. The summed E-state index contributed by atoms with van der Waals surface area (Å²) in [7, 11) is 1.64. The number of hydrogen-bond acceptors (Lipinski definition) is 4. The summed E-state index contributed by atoms with van der Waals surface area (Å²) in [5.74, 6) is 3.44. The molecular weight excluding hydrogens is 988 g/mol. The molecule has 0 radical (unpaired) electrons. The van der Waals surface area contributed by atoms with E-state index in [4.69, 9.17) is 14.2 Å². The van der Waals surface area contributed by atoms with E-state index in [1.54, 1.807) is 13.2 Å². The Balaban J connectivity index is 0.902. The average molecular weight is 1060 g/mol. The molecule has 3 aliphatic rings. The predicted octanol–water partition coefficient (Wildman–Crippen LogP) is 19.5. The lowest BCUT2D eigenvalue weighted by molar-refractivity contribution is -0.137. The smallest absolute Gasteiger partial charge is 0.416 e. The number of nitrogens with one attached hydrogen (secondary N) is 1. The average Bonchev–Trinajstić information content (AvgIpc) is 3.80. The maximum absolute atomic E-state index is 14.5. The van der Waals surface area contributed by atoms with Crippen LogP contribution in [0.25, 0.3) is 50.2 Å². The zero-order chi connectivity index (χ0) is 55.1. The highest BCUT2D eigenvalue weighted by atomic mass is 19.4. The van der Waals surface area contributed by atoms with E-state index in [9.17, 15) is 18.0 Å². The maximum atomic E-state index is 14.5. The molecule has 8 aromatic carbocycles. The number of aryl methyl sites for hydroxylation is 1. The fourth-order valence-electron chi connectivity index (χ4n) is 12.8. The van der Waals surface area contributed by atoms with Gasteiger partial charge in [0, 0.05) is 38.7 Å². The van der Waals surface area contributed by atoms with Gasteiger partial charge in [0.05, 0.1) is 19.3 Å². The second-order valence-corrected chi connectivity index (χ2v) is 22.7. The number of ether oxygens (including phenoxy) is 3. The number of alkyl halides is 3. The molecule has 0 aromatic heterocycles. The Bertz CT molecular complexity index is 3550. The first kappa shape index (κ1) is 53.4. The Morgan fingerprint density at radius 2 is 1.33 bits per heavy atom. The molecule has 8 heteroatoms. The number of rotatable bonds is 16. The van der Waals surface area contributed by atoms with Crippen LogP contribution in [0.5, 0.6) is 17.2 Å². The van der Waals surface area contributed by atoms with Crippen molar-refractivity contribution in [1.29, 1.82) is 0 Å². The minimum Gasteiger partial charge on any atom is -0.497 e. The number of hydrogen-bond donors (Lipinski definition) is 1. The van der Waals surface area contributed by atoms with Crippen molar-refractivity contribution in [2.45, 2.75) is 122 Å². The van der Waals surface area contributed by atoms with Gasteiger partial charge in [-0.15, -0.1) is 0 Å². The minimum absolute atomic E-state index is 0.198. The highest BCUT2D eigenvalue weighted by Gasteiger charge is 2.45. The predicted molar refractivity (Wildman–Crippen MR) is 316 cm³/mol. The zero-order valence-electron chi connectivity index (χ0n) is 46.3. The van der Waals surface area contributed by atoms with Crippen LogP contribution in [0.15, 0.2) is 158 Å². The van der Waals surface area contributed by atoms with Crippen LogP contribution >= 0.6 is 0 Å². The van der Waals surface area contributed by atoms with Gasteiger partial charge < -0.3 is 19.5 Å². The Hall–Kier alpha value is -7.58. The number of methoxy groups -OCH3 is 1. The summed E-state index contributed by atoms with van der Waals surface area (Å²) in [6.07, 6.45) is 12.2. The number of halogens is 3. The van der Waals surface area contributed by atoms with E-state index in [0.29, 0.717) is 40.8 Å². The van der Waals surface area contributed by atoms with Crippen molar-refractivity contribution in [3.05, 3.63) is 208 Å². The van der Waals surface area contributed by atoms with E-state index in [-0.39, 0.29) is 5.91 Å². The van der Waals surface area contributed by atoms with Crippen molar-refractivity contribution in [2.24, 2.45) is 5.92 Å². The van der Waals surface area contributed by atoms with Gasteiger partial charge >= 0.3 is 6.18 Å². The molecule has 1 fully saturated rings. The normalized spacial score (nSPS) is 18.1. The molecule has 1 atom stereocenters. The van der Waals surface area contributed by atoms with Gasteiger partial charge in [-0.1, -0.05) is 145 Å². The highest BCUT2D eigenvalue weighted by Crippen LogP contribution is 2.59. The summed E-state index contributed by atoms with van der Waals surface area (Å²) in [6.45, 7) is 11.1. The third-order valence-electron chi connectivity index (χ3n) is 17.2. The Morgan fingerprint density at radius 1 is 0.684 bits per heavy atom. The van der Waals surface area contributed by atoms with Crippen molar-refractivity contribution in [1.82, 2.24) is 0 Å². The molecule has 1 heterocycles. The van der Waals surface area contributed by atoms with Crippen molar-refractivity contribution in [3.63, 3.8) is 0 Å². The summed E-state index contributed by atoms with van der Waals surface area (Å²) in [5, 5.41) is 4.83. The van der Waals surface area contributed by atoms with Gasteiger partial charge in [0.25, 0.3) is 5.91 Å². The molecule has 79 heavy (non-hydrogen) atoms. The summed E-state index contributed by atoms with van der Waals surface area (Å²) in [4.78, 5) is 13.8. The number of carbonyl (C=O) groups is 1. The second-order valence-electron chi connectivity index (χ2n) is 22.7. The number of benzene rings is 8. The van der Waals surface area contributed by atoms with E-state index in [1.165, 1.54) is 69.1 Å². The Morgan fingerprint density at radius 3 is 1.97 bits per heavy atom. The SMILES string of the molecule is CCCCC[C@H]1CC[C@H](c2ccc(-c3ccc(C(=O)Nc4ccc(-c5ccc6c7c(c8c(c6c5)-c5ccc(C(F)(F)F)cc5C8(C)C)C=CC(c5ccc(OC)cc5)(c5ccc(OCCCC)cc5)O7)c(C)c4)cc3)cc2)CC1. The molecule has 1 unspecified atom stereocenters. The maximum Gasteiger partial charge on any atom is 0.416 e. The molecule has 5 nitrogen and oxygen atoms in total. The molecule has 0 saturated heterocycles. The molecule has 1 N–H and O–H groups in total. The molecule has 1 aliphatic heterocycles. The van der Waals surface area contributed by atoms with Gasteiger partial charge in [-0.2, -0.15) is 13.2 Å². The largest absolute Gasteiger partial charge is 0.497 e. The summed E-state index contributed by atoms with van der Waals surface area (Å²) in [6, 6.07) is 49.1. The van der Waals surface area contributed by atoms with Crippen LogP contribution in [-0.2, 0) is 17.2 Å². The summed E-state index contributed by atoms with van der Waals surface area (Å²) in [5.41, 5.74) is 10.8. The second kappa shape index (κ2) is 21.9. The van der Waals surface area contributed by atoms with E-state index in [0.717, 1.165) is 96.5 Å². The van der Waals surface area contributed by atoms with Crippen LogP contribution in [-0.4, -0.2) is 19.6 Å². The fourth-order valence-corrected chi connectivity index (χ4v) is 12.8. The van der Waals surface area contributed by atoms with E-state index in [1.807, 2.05) is 112 Å².